The summed E-state index contributed by atoms with van der Waals surface area (Å²) in [7, 11) is 1.65. The molecule has 0 bridgehead atoms. The monoisotopic (exact) mass is 327 g/mol. The fourth-order valence-electron chi connectivity index (χ4n) is 2.91. The number of hydrogen-bond donors (Lipinski definition) is 0. The molecule has 0 aliphatic carbocycles. The quantitative estimate of drug-likeness (QED) is 0.840. The Morgan fingerprint density at radius 1 is 1.38 bits per heavy atom. The van der Waals surface area contributed by atoms with Crippen LogP contribution in [-0.2, 0) is 11.2 Å². The van der Waals surface area contributed by atoms with Crippen molar-refractivity contribution in [2.45, 2.75) is 25.9 Å². The molecule has 0 radical (unpaired) electrons. The number of amides is 1. The second-order valence-electron chi connectivity index (χ2n) is 5.91. The number of likely N-dealkylation sites (tertiary alicyclic amines) is 1. The van der Waals surface area contributed by atoms with Gasteiger partial charge in [-0.2, -0.15) is 5.10 Å². The normalized spacial score (nSPS) is 16.9. The molecule has 1 fully saturated rings. The molecule has 6 nitrogen and oxygen atoms in total. The van der Waals surface area contributed by atoms with E-state index >= 15 is 0 Å². The Bertz CT molecular complexity index is 706. The number of ether oxygens (including phenoxy) is 2. The lowest BCUT2D eigenvalue weighted by Gasteiger charge is -2.17. The minimum Gasteiger partial charge on any atom is -0.496 e. The number of rotatable bonds is 5. The first kappa shape index (κ1) is 16.2. The molecule has 126 valence electrons. The van der Waals surface area contributed by atoms with Gasteiger partial charge in [0, 0.05) is 25.2 Å². The van der Waals surface area contributed by atoms with E-state index < -0.39 is 0 Å². The van der Waals surface area contributed by atoms with E-state index in [4.69, 9.17) is 9.47 Å². The van der Waals surface area contributed by atoms with Gasteiger partial charge in [0.05, 0.1) is 20.1 Å². The van der Waals surface area contributed by atoms with Gasteiger partial charge in [-0.15, -0.1) is 5.10 Å². The Labute approximate surface area is 141 Å². The molecular weight excluding hydrogens is 306 g/mol. The maximum Gasteiger partial charge on any atom is 0.233 e. The van der Waals surface area contributed by atoms with Gasteiger partial charge in [0.15, 0.2) is 0 Å². The summed E-state index contributed by atoms with van der Waals surface area (Å²) in [6, 6.07) is 9.40. The number of methoxy groups -OCH3 is 1. The van der Waals surface area contributed by atoms with Gasteiger partial charge in [-0.3, -0.25) is 4.79 Å². The average molecular weight is 327 g/mol. The highest BCUT2D eigenvalue weighted by molar-refractivity contribution is 5.79. The molecule has 1 atom stereocenters. The third kappa shape index (κ3) is 3.82. The summed E-state index contributed by atoms with van der Waals surface area (Å²) in [5.74, 6) is 1.46. The van der Waals surface area contributed by atoms with Gasteiger partial charge >= 0.3 is 0 Å². The topological polar surface area (TPSA) is 64.5 Å². The van der Waals surface area contributed by atoms with E-state index in [-0.39, 0.29) is 12.0 Å². The summed E-state index contributed by atoms with van der Waals surface area (Å²) >= 11 is 0. The fraction of sp³-hybridized carbons (Fsp3) is 0.389. The van der Waals surface area contributed by atoms with E-state index in [1.165, 1.54) is 0 Å². The summed E-state index contributed by atoms with van der Waals surface area (Å²) in [4.78, 5) is 14.3. The largest absolute Gasteiger partial charge is 0.496 e. The minimum absolute atomic E-state index is 0.0248. The van der Waals surface area contributed by atoms with E-state index in [0.717, 1.165) is 23.3 Å². The van der Waals surface area contributed by atoms with Crippen LogP contribution in [0.25, 0.3) is 0 Å². The maximum absolute atomic E-state index is 12.5. The Morgan fingerprint density at radius 3 is 2.96 bits per heavy atom. The summed E-state index contributed by atoms with van der Waals surface area (Å²) in [5, 5.41) is 7.71. The third-order valence-corrected chi connectivity index (χ3v) is 4.15. The number of carbonyl (C=O) groups excluding carboxylic acids is 1. The Morgan fingerprint density at radius 2 is 2.25 bits per heavy atom. The molecular formula is C18H21N3O3. The Hall–Kier alpha value is -2.63. The van der Waals surface area contributed by atoms with Crippen molar-refractivity contribution in [3.05, 3.63) is 47.7 Å². The van der Waals surface area contributed by atoms with Gasteiger partial charge in [-0.25, -0.2) is 0 Å². The maximum atomic E-state index is 12.5. The average Bonchev–Trinajstić information content (AvgIpc) is 3.04. The lowest BCUT2D eigenvalue weighted by atomic mass is 10.1. The van der Waals surface area contributed by atoms with Crippen LogP contribution in [0.4, 0.5) is 0 Å². The molecule has 1 amide bonds. The van der Waals surface area contributed by atoms with Crippen LogP contribution >= 0.6 is 0 Å². The smallest absolute Gasteiger partial charge is 0.233 e. The summed E-state index contributed by atoms with van der Waals surface area (Å²) in [5.41, 5.74) is 2.03. The molecule has 24 heavy (non-hydrogen) atoms. The van der Waals surface area contributed by atoms with Gasteiger partial charge in [0.2, 0.25) is 11.8 Å². The summed E-state index contributed by atoms with van der Waals surface area (Å²) in [6.45, 7) is 3.27. The molecule has 2 aromatic rings. The second-order valence-corrected chi connectivity index (χ2v) is 5.91. The van der Waals surface area contributed by atoms with Crippen molar-refractivity contribution in [1.82, 2.24) is 15.1 Å². The van der Waals surface area contributed by atoms with Crippen LogP contribution in [0.3, 0.4) is 0 Å². The van der Waals surface area contributed by atoms with E-state index in [0.29, 0.717) is 25.4 Å². The summed E-state index contributed by atoms with van der Waals surface area (Å²) in [6.07, 6.45) is 2.78. The molecule has 1 aliphatic rings. The zero-order valence-electron chi connectivity index (χ0n) is 13.9. The lowest BCUT2D eigenvalue weighted by molar-refractivity contribution is -0.129. The highest BCUT2D eigenvalue weighted by Gasteiger charge is 2.27. The first-order chi connectivity index (χ1) is 11.7. The van der Waals surface area contributed by atoms with Crippen molar-refractivity contribution in [3.63, 3.8) is 0 Å². The highest BCUT2D eigenvalue weighted by Crippen LogP contribution is 2.20. The van der Waals surface area contributed by atoms with Crippen LogP contribution in [0.2, 0.25) is 0 Å². The molecule has 1 saturated heterocycles. The van der Waals surface area contributed by atoms with E-state index in [1.54, 1.807) is 25.4 Å². The van der Waals surface area contributed by atoms with Crippen molar-refractivity contribution in [2.24, 2.45) is 0 Å². The zero-order chi connectivity index (χ0) is 16.9. The molecule has 1 unspecified atom stereocenters. The predicted octanol–water partition coefficient (Wildman–Crippen LogP) is 2.02. The van der Waals surface area contributed by atoms with E-state index in [1.807, 2.05) is 30.0 Å². The first-order valence-electron chi connectivity index (χ1n) is 8.01. The van der Waals surface area contributed by atoms with Crippen LogP contribution in [0.15, 0.2) is 36.5 Å². The van der Waals surface area contributed by atoms with E-state index in [9.17, 15) is 4.79 Å². The highest BCUT2D eigenvalue weighted by atomic mass is 16.5. The standard InChI is InChI=1S/C18H21N3O3/c1-13-10-14(5-6-16(13)23-2)11-18(22)21-9-7-15(12-21)24-17-4-3-8-19-20-17/h3-6,8,10,15H,7,9,11-12H2,1-2H3. The van der Waals surface area contributed by atoms with Crippen LogP contribution in [0.5, 0.6) is 11.6 Å². The second kappa shape index (κ2) is 7.29. The van der Waals surface area contributed by atoms with Crippen molar-refractivity contribution >= 4 is 5.91 Å². The van der Waals surface area contributed by atoms with Crippen molar-refractivity contribution in [3.8, 4) is 11.6 Å². The third-order valence-electron chi connectivity index (χ3n) is 4.15. The van der Waals surface area contributed by atoms with Gasteiger partial charge in [0.25, 0.3) is 0 Å². The number of aromatic nitrogens is 2. The molecule has 0 N–H and O–H groups in total. The first-order valence-corrected chi connectivity index (χ1v) is 8.01. The fourth-order valence-corrected chi connectivity index (χ4v) is 2.91. The van der Waals surface area contributed by atoms with Crippen LogP contribution in [-0.4, -0.2) is 47.3 Å². The van der Waals surface area contributed by atoms with Crippen LogP contribution < -0.4 is 9.47 Å². The molecule has 2 heterocycles. The van der Waals surface area contributed by atoms with Gasteiger partial charge in [-0.1, -0.05) is 12.1 Å². The van der Waals surface area contributed by atoms with Crippen molar-refractivity contribution < 1.29 is 14.3 Å². The zero-order valence-corrected chi connectivity index (χ0v) is 13.9. The van der Waals surface area contributed by atoms with Crippen molar-refractivity contribution in [1.29, 1.82) is 0 Å². The molecule has 6 heteroatoms. The molecule has 0 spiro atoms. The number of carbonyl (C=O) groups is 1. The summed E-state index contributed by atoms with van der Waals surface area (Å²) < 4.78 is 11.0. The minimum atomic E-state index is -0.0248. The number of benzene rings is 1. The van der Waals surface area contributed by atoms with Crippen molar-refractivity contribution in [2.75, 3.05) is 20.2 Å². The Balaban J connectivity index is 1.55. The van der Waals surface area contributed by atoms with Gasteiger partial charge < -0.3 is 14.4 Å². The number of nitrogens with zero attached hydrogens (tertiary/aromatic N) is 3. The van der Waals surface area contributed by atoms with Crippen LogP contribution in [0.1, 0.15) is 17.5 Å². The number of aryl methyl sites for hydroxylation is 1. The number of hydrogen-bond acceptors (Lipinski definition) is 5. The molecule has 1 aromatic heterocycles. The molecule has 1 aliphatic heterocycles. The molecule has 0 saturated carbocycles. The van der Waals surface area contributed by atoms with E-state index in [2.05, 4.69) is 10.2 Å². The Kier molecular flexibility index (Phi) is 4.93. The molecule has 3 rings (SSSR count). The van der Waals surface area contributed by atoms with Gasteiger partial charge in [-0.05, 0) is 30.2 Å². The van der Waals surface area contributed by atoms with Crippen LogP contribution in [0, 0.1) is 6.92 Å². The lowest BCUT2D eigenvalue weighted by Crippen LogP contribution is -2.32. The predicted molar refractivity (Wildman–Crippen MR) is 89.1 cm³/mol. The van der Waals surface area contributed by atoms with Gasteiger partial charge in [0.1, 0.15) is 11.9 Å². The SMILES string of the molecule is COc1ccc(CC(=O)N2CCC(Oc3cccnn3)C2)cc1C. The molecule has 1 aromatic carbocycles.